The smallest absolute Gasteiger partial charge is 0.241 e. The van der Waals surface area contributed by atoms with Crippen molar-refractivity contribution in [2.24, 2.45) is 0 Å². The highest BCUT2D eigenvalue weighted by Gasteiger charge is 2.32. The zero-order valence-corrected chi connectivity index (χ0v) is 17.9. The van der Waals surface area contributed by atoms with E-state index in [-0.39, 0.29) is 4.90 Å². The first-order chi connectivity index (χ1) is 13.8. The fourth-order valence-electron chi connectivity index (χ4n) is 2.83. The highest BCUT2D eigenvalue weighted by Crippen LogP contribution is 2.27. The van der Waals surface area contributed by atoms with Gasteiger partial charge in [0.2, 0.25) is 10.0 Å². The van der Waals surface area contributed by atoms with Crippen LogP contribution in [0.1, 0.15) is 27.5 Å². The number of Topliss-reactive ketones (excluding diaryl/α,β-unsaturated/α-hetero) is 1. The number of hydrogen-bond donors (Lipinski definition) is 1. The van der Waals surface area contributed by atoms with Crippen LogP contribution in [0.5, 0.6) is 0 Å². The largest absolute Gasteiger partial charge is 0.292 e. The highest BCUT2D eigenvalue weighted by molar-refractivity contribution is 7.89. The monoisotopic (exact) mass is 447 g/mol. The molecule has 3 rings (SSSR count). The molecule has 3 aromatic carbocycles. The molecule has 0 saturated heterocycles. The molecule has 0 saturated carbocycles. The number of carbonyl (C=O) groups excluding carboxylic acids is 1. The molecular weight excluding hydrogens is 429 g/mol. The lowest BCUT2D eigenvalue weighted by Crippen LogP contribution is -2.37. The number of rotatable bonds is 7. The van der Waals surface area contributed by atoms with Crippen molar-refractivity contribution in [3.8, 4) is 0 Å². The molecule has 0 amide bonds. The van der Waals surface area contributed by atoms with Crippen molar-refractivity contribution in [2.45, 2.75) is 23.2 Å². The number of benzene rings is 3. The van der Waals surface area contributed by atoms with Crippen LogP contribution in [0.4, 0.5) is 0 Å². The van der Waals surface area contributed by atoms with Gasteiger partial charge in [-0.2, -0.15) is 0 Å². The van der Waals surface area contributed by atoms with Crippen LogP contribution in [0.2, 0.25) is 5.02 Å². The van der Waals surface area contributed by atoms with Crippen LogP contribution in [-0.4, -0.2) is 19.6 Å². The molecule has 2 atom stereocenters. The summed E-state index contributed by atoms with van der Waals surface area (Å²) >= 11 is 12.4. The van der Waals surface area contributed by atoms with E-state index >= 15 is 0 Å². The summed E-state index contributed by atoms with van der Waals surface area (Å²) in [5.41, 5.74) is 1.88. The van der Waals surface area contributed by atoms with Crippen LogP contribution >= 0.6 is 23.2 Å². The first-order valence-electron chi connectivity index (χ1n) is 8.86. The Morgan fingerprint density at radius 1 is 0.897 bits per heavy atom. The molecule has 0 aliphatic heterocycles. The third-order valence-electron chi connectivity index (χ3n) is 4.44. The van der Waals surface area contributed by atoms with E-state index < -0.39 is 27.2 Å². The maximum absolute atomic E-state index is 12.9. The lowest BCUT2D eigenvalue weighted by Gasteiger charge is -2.23. The quantitative estimate of drug-likeness (QED) is 0.401. The van der Waals surface area contributed by atoms with Crippen LogP contribution in [0.3, 0.4) is 0 Å². The van der Waals surface area contributed by atoms with Crippen LogP contribution in [0.15, 0.2) is 83.8 Å². The summed E-state index contributed by atoms with van der Waals surface area (Å²) in [6.45, 7) is 1.87. The fourth-order valence-corrected chi connectivity index (χ4v) is 4.61. The summed E-state index contributed by atoms with van der Waals surface area (Å²) in [5.74, 6) is -0.399. The second kappa shape index (κ2) is 9.09. The van der Waals surface area contributed by atoms with E-state index in [4.69, 9.17) is 23.2 Å². The van der Waals surface area contributed by atoms with Gasteiger partial charge in [-0.3, -0.25) is 4.79 Å². The summed E-state index contributed by atoms with van der Waals surface area (Å²) in [6.07, 6.45) is 0. The van der Waals surface area contributed by atoms with Gasteiger partial charge in [0, 0.05) is 10.6 Å². The molecule has 0 aromatic heterocycles. The van der Waals surface area contributed by atoms with Crippen molar-refractivity contribution >= 4 is 39.0 Å². The molecule has 29 heavy (non-hydrogen) atoms. The van der Waals surface area contributed by atoms with Crippen molar-refractivity contribution in [1.82, 2.24) is 4.72 Å². The van der Waals surface area contributed by atoms with Gasteiger partial charge >= 0.3 is 0 Å². The van der Waals surface area contributed by atoms with Gasteiger partial charge in [0.05, 0.1) is 10.9 Å². The normalized spacial score (nSPS) is 13.6. The van der Waals surface area contributed by atoms with Gasteiger partial charge in [0.1, 0.15) is 5.38 Å². The molecular formula is C22H19Cl2NO3S. The van der Waals surface area contributed by atoms with Crippen LogP contribution in [0, 0.1) is 6.92 Å². The zero-order chi connectivity index (χ0) is 21.0. The van der Waals surface area contributed by atoms with Crippen LogP contribution in [0.25, 0.3) is 0 Å². The molecule has 7 heteroatoms. The Balaban J connectivity index is 1.95. The van der Waals surface area contributed by atoms with E-state index in [1.54, 1.807) is 66.7 Å². The molecule has 0 fully saturated rings. The number of sulfonamides is 1. The van der Waals surface area contributed by atoms with E-state index in [0.29, 0.717) is 16.1 Å². The fraction of sp³-hybridized carbons (Fsp3) is 0.136. The minimum Gasteiger partial charge on any atom is -0.292 e. The molecule has 0 spiro atoms. The Hall–Kier alpha value is -2.18. The summed E-state index contributed by atoms with van der Waals surface area (Å²) in [7, 11) is -3.90. The summed E-state index contributed by atoms with van der Waals surface area (Å²) in [5, 5.41) is -0.661. The second-order valence-corrected chi connectivity index (χ2v) is 9.22. The number of halogens is 2. The van der Waals surface area contributed by atoms with Gasteiger partial charge in [0.15, 0.2) is 5.78 Å². The Kier molecular flexibility index (Phi) is 6.75. The van der Waals surface area contributed by atoms with Crippen molar-refractivity contribution < 1.29 is 13.2 Å². The zero-order valence-electron chi connectivity index (χ0n) is 15.5. The van der Waals surface area contributed by atoms with Gasteiger partial charge in [-0.1, -0.05) is 59.6 Å². The SMILES string of the molecule is Cc1ccc(S(=O)(=O)N[C@H](c2ccccc2)[C@@H](Cl)C(=O)c2ccc(Cl)cc2)cc1. The molecule has 1 N–H and O–H groups in total. The Morgan fingerprint density at radius 2 is 1.48 bits per heavy atom. The summed E-state index contributed by atoms with van der Waals surface area (Å²) < 4.78 is 28.5. The number of nitrogens with one attached hydrogen (secondary N) is 1. The van der Waals surface area contributed by atoms with Gasteiger partial charge in [-0.15, -0.1) is 11.6 Å². The third kappa shape index (κ3) is 5.25. The Morgan fingerprint density at radius 3 is 2.07 bits per heavy atom. The maximum atomic E-state index is 12.9. The Labute approximate surface area is 180 Å². The molecule has 0 radical (unpaired) electrons. The van der Waals surface area contributed by atoms with E-state index in [0.717, 1.165) is 5.56 Å². The number of ketones is 1. The molecule has 0 aliphatic rings. The van der Waals surface area contributed by atoms with Crippen molar-refractivity contribution in [3.05, 3.63) is 101 Å². The lowest BCUT2D eigenvalue weighted by molar-refractivity contribution is 0.0977. The van der Waals surface area contributed by atoms with Crippen LogP contribution in [-0.2, 0) is 10.0 Å². The molecule has 0 unspecified atom stereocenters. The third-order valence-corrected chi connectivity index (χ3v) is 6.60. The predicted molar refractivity (Wildman–Crippen MR) is 116 cm³/mol. The molecule has 0 bridgehead atoms. The van der Waals surface area contributed by atoms with E-state index in [2.05, 4.69) is 4.72 Å². The average molecular weight is 448 g/mol. The minimum absolute atomic E-state index is 0.104. The standard InChI is InChI=1S/C22H19Cl2NO3S/c1-15-7-13-19(14-8-15)29(27,28)25-21(16-5-3-2-4-6-16)20(24)22(26)17-9-11-18(23)12-10-17/h2-14,20-21,25H,1H3/t20-,21-/m1/s1. The molecule has 0 heterocycles. The lowest BCUT2D eigenvalue weighted by atomic mass is 9.98. The summed E-state index contributed by atoms with van der Waals surface area (Å²) in [6, 6.07) is 20.6. The molecule has 150 valence electrons. The van der Waals surface area contributed by atoms with E-state index in [9.17, 15) is 13.2 Å². The molecule has 0 aliphatic carbocycles. The van der Waals surface area contributed by atoms with Crippen molar-refractivity contribution in [2.75, 3.05) is 0 Å². The minimum atomic E-state index is -3.90. The average Bonchev–Trinajstić information content (AvgIpc) is 2.72. The maximum Gasteiger partial charge on any atom is 0.241 e. The van der Waals surface area contributed by atoms with Gasteiger partial charge in [0.25, 0.3) is 0 Å². The van der Waals surface area contributed by atoms with Gasteiger partial charge in [-0.05, 0) is 48.9 Å². The van der Waals surface area contributed by atoms with Gasteiger partial charge in [-0.25, -0.2) is 13.1 Å². The highest BCUT2D eigenvalue weighted by atomic mass is 35.5. The van der Waals surface area contributed by atoms with E-state index in [1.165, 1.54) is 12.1 Å². The molecule has 3 aromatic rings. The van der Waals surface area contributed by atoms with Crippen molar-refractivity contribution in [3.63, 3.8) is 0 Å². The number of aryl methyl sites for hydroxylation is 1. The van der Waals surface area contributed by atoms with Crippen molar-refractivity contribution in [1.29, 1.82) is 0 Å². The first kappa shape index (κ1) is 21.5. The van der Waals surface area contributed by atoms with Crippen LogP contribution < -0.4 is 4.72 Å². The number of hydrogen-bond acceptors (Lipinski definition) is 3. The predicted octanol–water partition coefficient (Wildman–Crippen LogP) is 5.16. The van der Waals surface area contributed by atoms with E-state index in [1.807, 2.05) is 6.92 Å². The van der Waals surface area contributed by atoms with Gasteiger partial charge < -0.3 is 0 Å². The number of carbonyl (C=O) groups is 1. The Bertz CT molecular complexity index is 1080. The first-order valence-corrected chi connectivity index (χ1v) is 11.2. The second-order valence-electron chi connectivity index (χ2n) is 6.60. The number of alkyl halides is 1. The molecule has 4 nitrogen and oxygen atoms in total. The topological polar surface area (TPSA) is 63.2 Å². The summed E-state index contributed by atoms with van der Waals surface area (Å²) in [4.78, 5) is 13.0.